The highest BCUT2D eigenvalue weighted by Crippen LogP contribution is 2.67. The first-order valence-electron chi connectivity index (χ1n) is 18.3. The van der Waals surface area contributed by atoms with E-state index in [-0.39, 0.29) is 12.1 Å². The van der Waals surface area contributed by atoms with Crippen molar-refractivity contribution < 1.29 is 9.53 Å². The van der Waals surface area contributed by atoms with E-state index in [9.17, 15) is 4.79 Å². The van der Waals surface area contributed by atoms with Crippen molar-refractivity contribution in [1.29, 1.82) is 0 Å². The molecule has 238 valence electrons. The Morgan fingerprint density at radius 2 is 1.69 bits per heavy atom. The van der Waals surface area contributed by atoms with Crippen LogP contribution in [0.1, 0.15) is 151 Å². The Balaban J connectivity index is 1.27. The van der Waals surface area contributed by atoms with Crippen LogP contribution in [-0.2, 0) is 9.53 Å². The average Bonchev–Trinajstić information content (AvgIpc) is 3.32. The largest absolute Gasteiger partial charge is 0.462 e. The molecule has 0 bridgehead atoms. The predicted molar refractivity (Wildman–Crippen MR) is 179 cm³/mol. The molecule has 0 aromatic heterocycles. The predicted octanol–water partition coefficient (Wildman–Crippen LogP) is 11.7. The molecule has 0 heterocycles. The van der Waals surface area contributed by atoms with Crippen LogP contribution in [0.4, 0.5) is 0 Å². The maximum atomic E-state index is 12.7. The maximum absolute atomic E-state index is 12.7. The molecule has 4 rings (SSSR count). The summed E-state index contributed by atoms with van der Waals surface area (Å²) in [7, 11) is 0. The Hall–Kier alpha value is -1.31. The van der Waals surface area contributed by atoms with Crippen LogP contribution in [0, 0.1) is 52.3 Å². The van der Waals surface area contributed by atoms with Crippen molar-refractivity contribution in [3.8, 4) is 0 Å². The van der Waals surface area contributed by atoms with Crippen LogP contribution in [0.2, 0.25) is 0 Å². The first-order chi connectivity index (χ1) is 20.1. The number of rotatable bonds is 14. The summed E-state index contributed by atoms with van der Waals surface area (Å²) < 4.78 is 6.08. The van der Waals surface area contributed by atoms with Gasteiger partial charge in [-0.25, -0.2) is 0 Å². The van der Waals surface area contributed by atoms with Gasteiger partial charge in [-0.05, 0) is 123 Å². The van der Waals surface area contributed by atoms with E-state index in [1.807, 2.05) is 0 Å². The molecule has 3 fully saturated rings. The van der Waals surface area contributed by atoms with Crippen molar-refractivity contribution in [3.05, 3.63) is 36.0 Å². The van der Waals surface area contributed by atoms with Crippen molar-refractivity contribution in [3.63, 3.8) is 0 Å². The van der Waals surface area contributed by atoms with Gasteiger partial charge in [0.2, 0.25) is 0 Å². The number of carbonyl (C=O) groups is 1. The van der Waals surface area contributed by atoms with Crippen LogP contribution in [0.3, 0.4) is 0 Å². The standard InChI is InChI=1S/C40H66O2/c1-8-9-10-11-12-13-14-15-16-17-38(41)42-33-24-26-39(6)32(28-33)20-21-34-36-23-22-35(40(36,7)27-25-37(34)39)31(5)19-18-30(4)29(2)3/h9-10,18-20,29-31,33-37H,8,11-17,21-28H2,1-7H3/b10-9-,19-18+. The SMILES string of the molecule is CC/C=C\CCCCCCCC(=O)OC1CCC2(C)C(=CCC3C2CCC2(C)C(C(C)/C=C/C(C)C(C)C)CCC32)C1. The lowest BCUT2D eigenvalue weighted by atomic mass is 9.47. The van der Waals surface area contributed by atoms with Gasteiger partial charge in [-0.15, -0.1) is 0 Å². The molecule has 0 spiro atoms. The Morgan fingerprint density at radius 1 is 0.929 bits per heavy atom. The van der Waals surface area contributed by atoms with Crippen LogP contribution >= 0.6 is 0 Å². The molecule has 0 amide bonds. The monoisotopic (exact) mass is 579 g/mol. The van der Waals surface area contributed by atoms with Crippen molar-refractivity contribution >= 4 is 5.97 Å². The molecule has 4 aliphatic carbocycles. The quantitative estimate of drug-likeness (QED) is 0.116. The fraction of sp³-hybridized carbons (Fsp3) is 0.825. The van der Waals surface area contributed by atoms with Gasteiger partial charge in [-0.2, -0.15) is 0 Å². The maximum Gasteiger partial charge on any atom is 0.306 e. The third-order valence-electron chi connectivity index (χ3n) is 13.0. The summed E-state index contributed by atoms with van der Waals surface area (Å²) >= 11 is 0. The van der Waals surface area contributed by atoms with Crippen LogP contribution in [-0.4, -0.2) is 12.1 Å². The summed E-state index contributed by atoms with van der Waals surface area (Å²) in [4.78, 5) is 12.7. The molecule has 0 saturated heterocycles. The topological polar surface area (TPSA) is 26.3 Å². The minimum Gasteiger partial charge on any atom is -0.462 e. The van der Waals surface area contributed by atoms with E-state index < -0.39 is 0 Å². The molecule has 4 aliphatic rings. The summed E-state index contributed by atoms with van der Waals surface area (Å²) in [5.41, 5.74) is 2.43. The molecule has 0 aliphatic heterocycles. The molecule has 0 radical (unpaired) electrons. The third kappa shape index (κ3) is 7.66. The number of esters is 1. The van der Waals surface area contributed by atoms with E-state index >= 15 is 0 Å². The van der Waals surface area contributed by atoms with E-state index in [2.05, 4.69) is 78.8 Å². The van der Waals surface area contributed by atoms with Crippen LogP contribution in [0.25, 0.3) is 0 Å². The number of unbranched alkanes of at least 4 members (excludes halogenated alkanes) is 5. The van der Waals surface area contributed by atoms with Crippen molar-refractivity contribution in [2.45, 2.75) is 157 Å². The normalized spacial score (nSPS) is 36.0. The second-order valence-electron chi connectivity index (χ2n) is 15.9. The number of allylic oxidation sites excluding steroid dienone is 5. The van der Waals surface area contributed by atoms with E-state index in [0.29, 0.717) is 29.1 Å². The Morgan fingerprint density at radius 3 is 2.45 bits per heavy atom. The fourth-order valence-electron chi connectivity index (χ4n) is 9.93. The first-order valence-corrected chi connectivity index (χ1v) is 18.3. The van der Waals surface area contributed by atoms with Gasteiger partial charge in [0.1, 0.15) is 6.10 Å². The lowest BCUT2D eigenvalue weighted by Gasteiger charge is -2.58. The summed E-state index contributed by atoms with van der Waals surface area (Å²) in [6, 6.07) is 0. The summed E-state index contributed by atoms with van der Waals surface area (Å²) in [6.07, 6.45) is 31.3. The number of hydrogen-bond donors (Lipinski definition) is 0. The van der Waals surface area contributed by atoms with Crippen molar-refractivity contribution in [1.82, 2.24) is 0 Å². The fourth-order valence-corrected chi connectivity index (χ4v) is 9.93. The molecular formula is C40H66O2. The first kappa shape index (κ1) is 33.6. The van der Waals surface area contributed by atoms with Crippen LogP contribution < -0.4 is 0 Å². The molecule has 2 nitrogen and oxygen atoms in total. The second-order valence-corrected chi connectivity index (χ2v) is 15.9. The molecule has 2 heteroatoms. The zero-order chi connectivity index (χ0) is 30.3. The molecule has 0 aromatic carbocycles. The van der Waals surface area contributed by atoms with Crippen LogP contribution in [0.5, 0.6) is 0 Å². The number of fused-ring (bicyclic) bond motifs is 5. The van der Waals surface area contributed by atoms with E-state index in [0.717, 1.165) is 61.7 Å². The second kappa shape index (κ2) is 15.1. The molecule has 42 heavy (non-hydrogen) atoms. The van der Waals surface area contributed by atoms with Gasteiger partial charge in [-0.1, -0.05) is 104 Å². The van der Waals surface area contributed by atoms with Gasteiger partial charge < -0.3 is 4.74 Å². The highest BCUT2D eigenvalue weighted by Gasteiger charge is 2.59. The van der Waals surface area contributed by atoms with E-state index in [4.69, 9.17) is 4.74 Å². The molecule has 3 saturated carbocycles. The number of hydrogen-bond acceptors (Lipinski definition) is 2. The third-order valence-corrected chi connectivity index (χ3v) is 13.0. The van der Waals surface area contributed by atoms with Gasteiger partial charge in [0.05, 0.1) is 0 Å². The van der Waals surface area contributed by atoms with Gasteiger partial charge in [0, 0.05) is 12.8 Å². The molecular weight excluding hydrogens is 512 g/mol. The van der Waals surface area contributed by atoms with Gasteiger partial charge in [-0.3, -0.25) is 4.79 Å². The van der Waals surface area contributed by atoms with E-state index in [1.165, 1.54) is 64.2 Å². The summed E-state index contributed by atoms with van der Waals surface area (Å²) in [6.45, 7) is 17.0. The van der Waals surface area contributed by atoms with Gasteiger partial charge in [0.25, 0.3) is 0 Å². The molecule has 0 N–H and O–H groups in total. The highest BCUT2D eigenvalue weighted by atomic mass is 16.5. The summed E-state index contributed by atoms with van der Waals surface area (Å²) in [5, 5.41) is 0. The minimum atomic E-state index is 0.0418. The van der Waals surface area contributed by atoms with Gasteiger partial charge >= 0.3 is 5.97 Å². The number of carbonyl (C=O) groups excluding carboxylic acids is 1. The van der Waals surface area contributed by atoms with E-state index in [1.54, 1.807) is 5.57 Å². The zero-order valence-corrected chi connectivity index (χ0v) is 28.6. The molecule has 0 aromatic rings. The Bertz CT molecular complexity index is 957. The van der Waals surface area contributed by atoms with Gasteiger partial charge in [0.15, 0.2) is 0 Å². The van der Waals surface area contributed by atoms with Crippen LogP contribution in [0.15, 0.2) is 36.0 Å². The lowest BCUT2D eigenvalue weighted by Crippen LogP contribution is -2.51. The minimum absolute atomic E-state index is 0.0418. The van der Waals surface area contributed by atoms with Crippen molar-refractivity contribution in [2.75, 3.05) is 0 Å². The highest BCUT2D eigenvalue weighted by molar-refractivity contribution is 5.69. The smallest absolute Gasteiger partial charge is 0.306 e. The zero-order valence-electron chi connectivity index (χ0n) is 28.6. The Labute approximate surface area is 260 Å². The molecule has 9 unspecified atom stereocenters. The average molecular weight is 579 g/mol. The lowest BCUT2D eigenvalue weighted by molar-refractivity contribution is -0.151. The number of ether oxygens (including phenoxy) is 1. The van der Waals surface area contributed by atoms with Crippen molar-refractivity contribution in [2.24, 2.45) is 52.3 Å². The summed E-state index contributed by atoms with van der Waals surface area (Å²) in [5.74, 6) is 5.47. The molecule has 9 atom stereocenters. The Kier molecular flexibility index (Phi) is 12.1.